The van der Waals surface area contributed by atoms with Crippen LogP contribution in [0, 0.1) is 11.2 Å². The molecule has 0 aliphatic heterocycles. The van der Waals surface area contributed by atoms with Crippen LogP contribution in [0.15, 0.2) is 41.1 Å². The Kier molecular flexibility index (Phi) is 8.67. The third-order valence-electron chi connectivity index (χ3n) is 9.96. The van der Waals surface area contributed by atoms with Gasteiger partial charge in [0, 0.05) is 30.4 Å². The number of halogens is 6. The minimum atomic E-state index is -3.02. The van der Waals surface area contributed by atoms with Gasteiger partial charge in [-0.15, -0.1) is 0 Å². The number of pyridine rings is 1. The van der Waals surface area contributed by atoms with Crippen LogP contribution in [0.4, 0.5) is 37.0 Å². The number of carbonyl (C=O) groups excluding carboxylic acids is 1. The van der Waals surface area contributed by atoms with Crippen LogP contribution in [0.5, 0.6) is 5.75 Å². The second-order valence-corrected chi connectivity index (χ2v) is 13.6. The molecule has 4 fully saturated rings. The van der Waals surface area contributed by atoms with Crippen molar-refractivity contribution in [3.63, 3.8) is 0 Å². The summed E-state index contributed by atoms with van der Waals surface area (Å²) in [7, 11) is 0. The van der Waals surface area contributed by atoms with Crippen LogP contribution in [0.2, 0.25) is 0 Å². The van der Waals surface area contributed by atoms with E-state index in [-0.39, 0.29) is 53.2 Å². The van der Waals surface area contributed by atoms with Crippen molar-refractivity contribution in [2.75, 3.05) is 11.4 Å². The first kappa shape index (κ1) is 33.1. The number of benzene rings is 1. The molecule has 2 bridgehead atoms. The number of nitrogens with zero attached hydrogens (tertiary/aromatic N) is 4. The first-order chi connectivity index (χ1) is 22.2. The van der Waals surface area contributed by atoms with Gasteiger partial charge in [-0.2, -0.15) is 13.8 Å². The number of anilines is 1. The Morgan fingerprint density at radius 2 is 1.68 bits per heavy atom. The minimum absolute atomic E-state index is 0.0117. The highest BCUT2D eigenvalue weighted by molar-refractivity contribution is 5.87. The van der Waals surface area contributed by atoms with Crippen molar-refractivity contribution >= 4 is 11.9 Å². The van der Waals surface area contributed by atoms with E-state index in [0.29, 0.717) is 49.9 Å². The van der Waals surface area contributed by atoms with E-state index < -0.39 is 49.1 Å². The Morgan fingerprint density at radius 1 is 1.04 bits per heavy atom. The summed E-state index contributed by atoms with van der Waals surface area (Å²) in [5, 5.41) is 4.12. The predicted molar refractivity (Wildman–Crippen MR) is 158 cm³/mol. The van der Waals surface area contributed by atoms with Gasteiger partial charge in [0.05, 0.1) is 6.20 Å². The fraction of sp³-hybridized carbons (Fsp3) is 0.576. The molecule has 1 amide bonds. The summed E-state index contributed by atoms with van der Waals surface area (Å²) in [6.07, 6.45) is 2.79. The standard InChI is InChI=1S/C33H36F6N4O4/c1-30(2,37)27-41-26(42-47-27)32-14-11-31(12-15-32,13-16-32)19-43(29(44)46-22-7-9-33(38,39)10-8-22)25-17-23(24(34)18-40-25)20-3-5-21(6-4-20)45-28(35)36/h3-6,17-18,22,28H,7-16,19H2,1-2H3. The zero-order valence-corrected chi connectivity index (χ0v) is 26.1. The topological polar surface area (TPSA) is 90.6 Å². The summed E-state index contributed by atoms with van der Waals surface area (Å²) in [6, 6.07) is 6.78. The number of carbonyl (C=O) groups is 1. The molecule has 4 aliphatic rings. The summed E-state index contributed by atoms with van der Waals surface area (Å²) in [6.45, 7) is -0.129. The summed E-state index contributed by atoms with van der Waals surface area (Å²) < 4.78 is 97.9. The van der Waals surface area contributed by atoms with E-state index in [2.05, 4.69) is 19.9 Å². The maximum Gasteiger partial charge on any atom is 0.415 e. The van der Waals surface area contributed by atoms with Crippen LogP contribution >= 0.6 is 0 Å². The van der Waals surface area contributed by atoms with Crippen LogP contribution in [0.3, 0.4) is 0 Å². The molecule has 47 heavy (non-hydrogen) atoms. The quantitative estimate of drug-likeness (QED) is 0.211. The molecular weight excluding hydrogens is 630 g/mol. The molecule has 2 aromatic heterocycles. The normalized spacial score (nSPS) is 24.4. The smallest absolute Gasteiger partial charge is 0.415 e. The Hall–Kier alpha value is -3.84. The van der Waals surface area contributed by atoms with Crippen molar-refractivity contribution in [1.82, 2.24) is 15.1 Å². The molecule has 4 aliphatic carbocycles. The molecule has 14 heteroatoms. The van der Waals surface area contributed by atoms with E-state index in [4.69, 9.17) is 9.26 Å². The average Bonchev–Trinajstić information content (AvgIpc) is 3.55. The highest BCUT2D eigenvalue weighted by atomic mass is 19.3. The number of amides is 1. The number of rotatable bonds is 9. The monoisotopic (exact) mass is 666 g/mol. The number of ether oxygens (including phenoxy) is 2. The van der Waals surface area contributed by atoms with Gasteiger partial charge in [0.1, 0.15) is 23.5 Å². The number of hydrogen-bond donors (Lipinski definition) is 0. The molecule has 4 saturated carbocycles. The summed E-state index contributed by atoms with van der Waals surface area (Å²) in [5.74, 6) is -3.10. The van der Waals surface area contributed by atoms with Gasteiger partial charge in [-0.25, -0.2) is 27.3 Å². The van der Waals surface area contributed by atoms with E-state index in [1.165, 1.54) is 49.1 Å². The molecule has 0 spiro atoms. The molecule has 8 nitrogen and oxygen atoms in total. The largest absolute Gasteiger partial charge is 0.446 e. The van der Waals surface area contributed by atoms with Crippen molar-refractivity contribution in [3.05, 3.63) is 54.1 Å². The maximum atomic E-state index is 15.1. The second kappa shape index (κ2) is 12.3. The van der Waals surface area contributed by atoms with E-state index in [1.807, 2.05) is 0 Å². The zero-order chi connectivity index (χ0) is 33.6. The SMILES string of the molecule is CC(C)(F)c1nc(C23CCC(CN(C(=O)OC4CCC(F)(F)CC4)c4cc(-c5ccc(OC(F)F)cc5)c(F)cn4)(CC2)CC3)no1. The van der Waals surface area contributed by atoms with Gasteiger partial charge < -0.3 is 14.0 Å². The highest BCUT2D eigenvalue weighted by Gasteiger charge is 2.53. The van der Waals surface area contributed by atoms with Crippen molar-refractivity contribution < 1.29 is 45.1 Å². The van der Waals surface area contributed by atoms with Crippen LogP contribution in [0.25, 0.3) is 11.1 Å². The van der Waals surface area contributed by atoms with Crippen molar-refractivity contribution in [3.8, 4) is 16.9 Å². The summed E-state index contributed by atoms with van der Waals surface area (Å²) in [5.41, 5.74) is -2.11. The molecule has 7 rings (SSSR count). The molecule has 0 unspecified atom stereocenters. The van der Waals surface area contributed by atoms with Crippen LogP contribution < -0.4 is 9.64 Å². The lowest BCUT2D eigenvalue weighted by molar-refractivity contribution is -0.0651. The average molecular weight is 667 g/mol. The summed E-state index contributed by atoms with van der Waals surface area (Å²) >= 11 is 0. The Bertz CT molecular complexity index is 1560. The third-order valence-corrected chi connectivity index (χ3v) is 9.96. The van der Waals surface area contributed by atoms with Gasteiger partial charge in [0.15, 0.2) is 11.5 Å². The number of aromatic nitrogens is 3. The minimum Gasteiger partial charge on any atom is -0.446 e. The molecule has 254 valence electrons. The van der Waals surface area contributed by atoms with Gasteiger partial charge in [-0.1, -0.05) is 17.3 Å². The van der Waals surface area contributed by atoms with Gasteiger partial charge in [-0.05, 0) is 94.4 Å². The molecule has 2 heterocycles. The van der Waals surface area contributed by atoms with Crippen molar-refractivity contribution in [2.24, 2.45) is 5.41 Å². The highest BCUT2D eigenvalue weighted by Crippen LogP contribution is 2.57. The molecule has 0 N–H and O–H groups in total. The summed E-state index contributed by atoms with van der Waals surface area (Å²) in [4.78, 5) is 23.8. The molecule has 0 atom stereocenters. The van der Waals surface area contributed by atoms with Crippen molar-refractivity contribution in [2.45, 2.75) is 108 Å². The molecule has 0 saturated heterocycles. The number of hydrogen-bond acceptors (Lipinski definition) is 7. The molecule has 3 aromatic rings. The number of alkyl halides is 5. The lowest BCUT2D eigenvalue weighted by atomic mass is 9.53. The van der Waals surface area contributed by atoms with Gasteiger partial charge in [0.25, 0.3) is 5.89 Å². The Morgan fingerprint density at radius 3 is 2.26 bits per heavy atom. The third kappa shape index (κ3) is 7.06. The van der Waals surface area contributed by atoms with E-state index >= 15 is 4.39 Å². The Labute approximate surface area is 267 Å². The fourth-order valence-corrected chi connectivity index (χ4v) is 7.04. The lowest BCUT2D eigenvalue weighted by Crippen LogP contribution is -2.51. The van der Waals surface area contributed by atoms with Crippen LogP contribution in [-0.2, 0) is 15.8 Å². The number of fused-ring (bicyclic) bond motifs is 3. The van der Waals surface area contributed by atoms with Crippen molar-refractivity contribution in [1.29, 1.82) is 0 Å². The molecular formula is C33H36F6N4O4. The van der Waals surface area contributed by atoms with Gasteiger partial charge in [-0.3, -0.25) is 4.90 Å². The predicted octanol–water partition coefficient (Wildman–Crippen LogP) is 8.89. The van der Waals surface area contributed by atoms with Crippen LogP contribution in [-0.4, -0.2) is 46.4 Å². The second-order valence-electron chi connectivity index (χ2n) is 13.6. The first-order valence-electron chi connectivity index (χ1n) is 15.8. The van der Waals surface area contributed by atoms with E-state index in [0.717, 1.165) is 6.20 Å². The zero-order valence-electron chi connectivity index (χ0n) is 26.1. The lowest BCUT2D eigenvalue weighted by Gasteiger charge is -2.53. The van der Waals surface area contributed by atoms with E-state index in [9.17, 15) is 26.7 Å². The van der Waals surface area contributed by atoms with Gasteiger partial charge >= 0.3 is 12.7 Å². The fourth-order valence-electron chi connectivity index (χ4n) is 7.04. The Balaban J connectivity index is 1.26. The van der Waals surface area contributed by atoms with E-state index in [1.54, 1.807) is 0 Å². The first-order valence-corrected chi connectivity index (χ1v) is 15.8. The van der Waals surface area contributed by atoms with Gasteiger partial charge in [0.2, 0.25) is 5.92 Å². The molecule has 0 radical (unpaired) electrons. The van der Waals surface area contributed by atoms with Crippen LogP contribution in [0.1, 0.15) is 89.8 Å². The maximum absolute atomic E-state index is 15.1. The molecule has 1 aromatic carbocycles.